The van der Waals surface area contributed by atoms with E-state index in [0.717, 1.165) is 15.8 Å². The molecular formula is C14H15ClFN3O2. The van der Waals surface area contributed by atoms with Gasteiger partial charge in [0.05, 0.1) is 5.52 Å². The van der Waals surface area contributed by atoms with Crippen LogP contribution >= 0.6 is 11.6 Å². The van der Waals surface area contributed by atoms with Gasteiger partial charge >= 0.3 is 6.03 Å². The zero-order valence-electron chi connectivity index (χ0n) is 10.5. The van der Waals surface area contributed by atoms with Crippen LogP contribution in [0.25, 0.3) is 10.9 Å². The van der Waals surface area contributed by atoms with Crippen LogP contribution in [0.5, 0.6) is 0 Å². The molecule has 1 aliphatic heterocycles. The maximum atomic E-state index is 13.4. The number of carbonyl (C=O) groups is 2. The highest BCUT2D eigenvalue weighted by Gasteiger charge is 2.35. The van der Waals surface area contributed by atoms with Crippen molar-refractivity contribution >= 4 is 34.4 Å². The van der Waals surface area contributed by atoms with E-state index in [4.69, 9.17) is 11.6 Å². The van der Waals surface area contributed by atoms with Crippen molar-refractivity contribution in [3.63, 3.8) is 0 Å². The first kappa shape index (κ1) is 15.3. The van der Waals surface area contributed by atoms with Gasteiger partial charge in [0.2, 0.25) is 0 Å². The molecule has 0 saturated carbocycles. The van der Waals surface area contributed by atoms with E-state index >= 15 is 0 Å². The Labute approximate surface area is 126 Å². The van der Waals surface area contributed by atoms with Crippen LogP contribution in [0.15, 0.2) is 18.3 Å². The van der Waals surface area contributed by atoms with Gasteiger partial charge in [0, 0.05) is 25.1 Å². The number of hydrogen-bond acceptors (Lipinski definition) is 2. The first-order chi connectivity index (χ1) is 9.49. The van der Waals surface area contributed by atoms with E-state index in [-0.39, 0.29) is 18.4 Å². The number of hydrogen-bond donors (Lipinski definition) is 2. The van der Waals surface area contributed by atoms with Crippen molar-refractivity contribution in [3.05, 3.63) is 34.7 Å². The highest BCUT2D eigenvalue weighted by atomic mass is 35.5. The lowest BCUT2D eigenvalue weighted by Crippen LogP contribution is -2.31. The summed E-state index contributed by atoms with van der Waals surface area (Å²) < 4.78 is 13.4. The van der Waals surface area contributed by atoms with Crippen molar-refractivity contribution in [1.29, 1.82) is 0 Å². The summed E-state index contributed by atoms with van der Waals surface area (Å²) in [6, 6.07) is 1.87. The van der Waals surface area contributed by atoms with Crippen molar-refractivity contribution in [2.75, 3.05) is 7.05 Å². The van der Waals surface area contributed by atoms with Crippen LogP contribution in [0, 0.1) is 5.82 Å². The third-order valence-electron chi connectivity index (χ3n) is 3.49. The van der Waals surface area contributed by atoms with E-state index < -0.39 is 17.9 Å². The van der Waals surface area contributed by atoms with Gasteiger partial charge in [0.15, 0.2) is 0 Å². The Morgan fingerprint density at radius 3 is 2.71 bits per heavy atom. The summed E-state index contributed by atoms with van der Waals surface area (Å²) in [6.07, 6.45) is 2.00. The monoisotopic (exact) mass is 311 g/mol. The summed E-state index contributed by atoms with van der Waals surface area (Å²) in [5, 5.41) is 3.36. The summed E-state index contributed by atoms with van der Waals surface area (Å²) >= 11 is 5.88. The standard InChI is InChI=1S/C13H11ClFN3O2.CH4/c1-18-12(19)9(17-13(18)20)4-6-5-16-11-7(6)2-3-8(15)10(11)14;/h2-3,5,9,16H,4H2,1H3,(H,17,20);1H4/t9-;/m1./s1. The predicted octanol–water partition coefficient (Wildman–Crippen LogP) is 2.69. The average molecular weight is 312 g/mol. The molecule has 0 spiro atoms. The molecule has 7 heteroatoms. The number of benzene rings is 1. The number of aromatic nitrogens is 1. The molecule has 5 nitrogen and oxygen atoms in total. The molecule has 1 saturated heterocycles. The van der Waals surface area contributed by atoms with Crippen LogP contribution in [-0.2, 0) is 11.2 Å². The quantitative estimate of drug-likeness (QED) is 0.838. The smallest absolute Gasteiger partial charge is 0.324 e. The second kappa shape index (κ2) is 5.37. The van der Waals surface area contributed by atoms with E-state index in [2.05, 4.69) is 10.3 Å². The number of aromatic amines is 1. The number of nitrogens with zero attached hydrogens (tertiary/aromatic N) is 1. The lowest BCUT2D eigenvalue weighted by Gasteiger charge is -2.07. The Morgan fingerprint density at radius 1 is 1.38 bits per heavy atom. The second-order valence-corrected chi connectivity index (χ2v) is 5.08. The van der Waals surface area contributed by atoms with Crippen molar-refractivity contribution in [3.8, 4) is 0 Å². The van der Waals surface area contributed by atoms with Gasteiger partial charge < -0.3 is 10.3 Å². The van der Waals surface area contributed by atoms with Gasteiger partial charge in [-0.3, -0.25) is 9.69 Å². The molecule has 1 aliphatic rings. The number of amides is 3. The number of likely N-dealkylation sites (N-methyl/N-ethyl adjacent to an activating group) is 1. The van der Waals surface area contributed by atoms with Crippen LogP contribution in [0.3, 0.4) is 0 Å². The average Bonchev–Trinajstić information content (AvgIpc) is 2.93. The van der Waals surface area contributed by atoms with Gasteiger partial charge in [-0.25, -0.2) is 9.18 Å². The topological polar surface area (TPSA) is 65.2 Å². The minimum absolute atomic E-state index is 0. The second-order valence-electron chi connectivity index (χ2n) is 4.70. The van der Waals surface area contributed by atoms with Crippen LogP contribution in [0.2, 0.25) is 5.02 Å². The van der Waals surface area contributed by atoms with E-state index in [1.54, 1.807) is 12.3 Å². The fourth-order valence-corrected chi connectivity index (χ4v) is 2.58. The molecule has 0 bridgehead atoms. The Bertz CT molecular complexity index is 728. The fourth-order valence-electron chi connectivity index (χ4n) is 2.36. The molecule has 1 aromatic carbocycles. The highest BCUT2D eigenvalue weighted by Crippen LogP contribution is 2.28. The molecule has 0 aliphatic carbocycles. The lowest BCUT2D eigenvalue weighted by molar-refractivity contribution is -0.126. The van der Waals surface area contributed by atoms with Crippen molar-refractivity contribution in [1.82, 2.24) is 15.2 Å². The van der Waals surface area contributed by atoms with Crippen molar-refractivity contribution in [2.24, 2.45) is 0 Å². The van der Waals surface area contributed by atoms with Crippen LogP contribution < -0.4 is 5.32 Å². The minimum Gasteiger partial charge on any atom is -0.360 e. The first-order valence-electron chi connectivity index (χ1n) is 6.01. The Balaban J connectivity index is 0.00000161. The van der Waals surface area contributed by atoms with E-state index in [0.29, 0.717) is 11.9 Å². The normalized spacial score (nSPS) is 18.0. The molecular weight excluding hydrogens is 297 g/mol. The maximum absolute atomic E-state index is 13.4. The fraction of sp³-hybridized carbons (Fsp3) is 0.286. The van der Waals surface area contributed by atoms with Crippen LogP contribution in [-0.4, -0.2) is 34.9 Å². The molecule has 2 N–H and O–H groups in total. The van der Waals surface area contributed by atoms with Gasteiger partial charge in [0.25, 0.3) is 5.91 Å². The van der Waals surface area contributed by atoms with Crippen LogP contribution in [0.1, 0.15) is 13.0 Å². The first-order valence-corrected chi connectivity index (χ1v) is 6.39. The summed E-state index contributed by atoms with van der Waals surface area (Å²) in [5.41, 5.74) is 1.29. The SMILES string of the molecule is C.CN1C(=O)N[C@H](Cc2c[nH]c3c(Cl)c(F)ccc23)C1=O. The molecule has 1 atom stereocenters. The predicted molar refractivity (Wildman–Crippen MR) is 78.8 cm³/mol. The van der Waals surface area contributed by atoms with Crippen LogP contribution in [0.4, 0.5) is 9.18 Å². The third kappa shape index (κ3) is 2.35. The zero-order chi connectivity index (χ0) is 14.4. The Kier molecular flexibility index (Phi) is 3.91. The Hall–Kier alpha value is -2.08. The molecule has 1 fully saturated rings. The number of imide groups is 1. The molecule has 21 heavy (non-hydrogen) atoms. The van der Waals surface area contributed by atoms with E-state index in [1.807, 2.05) is 0 Å². The van der Waals surface area contributed by atoms with Gasteiger partial charge in [-0.05, 0) is 17.7 Å². The number of fused-ring (bicyclic) bond motifs is 1. The van der Waals surface area contributed by atoms with Gasteiger partial charge in [-0.15, -0.1) is 0 Å². The van der Waals surface area contributed by atoms with Gasteiger partial charge in [0.1, 0.15) is 16.9 Å². The van der Waals surface area contributed by atoms with E-state index in [9.17, 15) is 14.0 Å². The van der Waals surface area contributed by atoms with Gasteiger partial charge in [-0.1, -0.05) is 19.0 Å². The zero-order valence-corrected chi connectivity index (χ0v) is 11.3. The van der Waals surface area contributed by atoms with Crippen molar-refractivity contribution in [2.45, 2.75) is 19.9 Å². The van der Waals surface area contributed by atoms with Crippen molar-refractivity contribution < 1.29 is 14.0 Å². The molecule has 3 rings (SSSR count). The molecule has 3 amide bonds. The number of rotatable bonds is 2. The molecule has 0 radical (unpaired) electrons. The lowest BCUT2D eigenvalue weighted by atomic mass is 10.1. The molecule has 0 unspecified atom stereocenters. The Morgan fingerprint density at radius 2 is 2.10 bits per heavy atom. The van der Waals surface area contributed by atoms with E-state index in [1.165, 1.54) is 13.1 Å². The summed E-state index contributed by atoms with van der Waals surface area (Å²) in [7, 11) is 1.43. The summed E-state index contributed by atoms with van der Waals surface area (Å²) in [6.45, 7) is 0. The number of carbonyl (C=O) groups excluding carboxylic acids is 2. The minimum atomic E-state index is -0.602. The number of H-pyrrole nitrogens is 1. The largest absolute Gasteiger partial charge is 0.360 e. The molecule has 1 aromatic heterocycles. The summed E-state index contributed by atoms with van der Waals surface area (Å²) in [5.74, 6) is -0.782. The number of nitrogens with one attached hydrogen (secondary N) is 2. The maximum Gasteiger partial charge on any atom is 0.324 e. The number of halogens is 2. The molecule has 2 heterocycles. The highest BCUT2D eigenvalue weighted by molar-refractivity contribution is 6.35. The van der Waals surface area contributed by atoms with Gasteiger partial charge in [-0.2, -0.15) is 0 Å². The third-order valence-corrected chi connectivity index (χ3v) is 3.86. The summed E-state index contributed by atoms with van der Waals surface area (Å²) in [4.78, 5) is 27.2. The number of urea groups is 1. The molecule has 112 valence electrons. The molecule has 2 aromatic rings.